The topological polar surface area (TPSA) is 59.8 Å². The van der Waals surface area contributed by atoms with Crippen molar-refractivity contribution in [3.63, 3.8) is 0 Å². The predicted molar refractivity (Wildman–Crippen MR) is 96.9 cm³/mol. The molecule has 0 amide bonds. The molecule has 0 fully saturated rings. The third-order valence-corrected chi connectivity index (χ3v) is 5.05. The van der Waals surface area contributed by atoms with E-state index in [0.29, 0.717) is 16.7 Å². The fraction of sp³-hybridized carbons (Fsp3) is 0.188. The van der Waals surface area contributed by atoms with Crippen molar-refractivity contribution < 1.29 is 0 Å². The molecule has 1 N–H and O–H groups in total. The highest BCUT2D eigenvalue weighted by Crippen LogP contribution is 2.23. The predicted octanol–water partition coefficient (Wildman–Crippen LogP) is 3.32. The second-order valence-electron chi connectivity index (χ2n) is 4.99. The van der Waals surface area contributed by atoms with Crippen LogP contribution in [0.15, 0.2) is 51.2 Å². The quantitative estimate of drug-likeness (QED) is 0.725. The Morgan fingerprint density at radius 1 is 1.30 bits per heavy atom. The summed E-state index contributed by atoms with van der Waals surface area (Å²) in [5.41, 5.74) is 2.71. The highest BCUT2D eigenvalue weighted by molar-refractivity contribution is 9.10. The van der Waals surface area contributed by atoms with Crippen molar-refractivity contribution in [2.24, 2.45) is 7.05 Å². The van der Waals surface area contributed by atoms with Gasteiger partial charge in [-0.15, -0.1) is 11.3 Å². The van der Waals surface area contributed by atoms with E-state index in [2.05, 4.69) is 48.8 Å². The Kier molecular flexibility index (Phi) is 4.88. The van der Waals surface area contributed by atoms with Crippen molar-refractivity contribution in [3.05, 3.63) is 62.4 Å². The number of hydrogen-bond donors (Lipinski definition) is 1. The summed E-state index contributed by atoms with van der Waals surface area (Å²) in [4.78, 5) is 16.4. The van der Waals surface area contributed by atoms with Crippen molar-refractivity contribution >= 4 is 33.0 Å². The van der Waals surface area contributed by atoms with E-state index >= 15 is 0 Å². The van der Waals surface area contributed by atoms with E-state index in [-0.39, 0.29) is 5.56 Å². The van der Waals surface area contributed by atoms with Gasteiger partial charge in [0.05, 0.1) is 17.6 Å². The van der Waals surface area contributed by atoms with E-state index in [9.17, 15) is 4.79 Å². The number of hydrogen-bond acceptors (Lipinski definition) is 5. The Morgan fingerprint density at radius 2 is 2.09 bits per heavy atom. The molecule has 1 aromatic carbocycles. The SMILES string of the molecule is Cn1ncc(NCCc2csc(-c3ccccc3)n2)c(Br)c1=O. The molecule has 0 aliphatic carbocycles. The van der Waals surface area contributed by atoms with Gasteiger partial charge in [-0.2, -0.15) is 5.10 Å². The van der Waals surface area contributed by atoms with Crippen LogP contribution < -0.4 is 10.9 Å². The third kappa shape index (κ3) is 3.68. The van der Waals surface area contributed by atoms with Gasteiger partial charge in [0, 0.05) is 31.0 Å². The van der Waals surface area contributed by atoms with E-state index in [1.165, 1.54) is 4.68 Å². The van der Waals surface area contributed by atoms with Crippen LogP contribution in [0.2, 0.25) is 0 Å². The van der Waals surface area contributed by atoms with E-state index in [0.717, 1.165) is 22.7 Å². The number of benzene rings is 1. The van der Waals surface area contributed by atoms with Gasteiger partial charge in [0.1, 0.15) is 9.48 Å². The zero-order valence-corrected chi connectivity index (χ0v) is 14.9. The van der Waals surface area contributed by atoms with Gasteiger partial charge in [0.2, 0.25) is 0 Å². The lowest BCUT2D eigenvalue weighted by molar-refractivity contribution is 0.703. The molecule has 0 atom stereocenters. The first kappa shape index (κ1) is 15.9. The van der Waals surface area contributed by atoms with Crippen LogP contribution in [0.4, 0.5) is 5.69 Å². The summed E-state index contributed by atoms with van der Waals surface area (Å²) in [6, 6.07) is 10.1. The van der Waals surface area contributed by atoms with E-state index in [1.807, 2.05) is 18.2 Å². The summed E-state index contributed by atoms with van der Waals surface area (Å²) in [5.74, 6) is 0. The molecular formula is C16H15BrN4OS. The number of rotatable bonds is 5. The first-order valence-electron chi connectivity index (χ1n) is 7.10. The summed E-state index contributed by atoms with van der Waals surface area (Å²) in [5, 5.41) is 10.3. The Balaban J connectivity index is 1.63. The maximum atomic E-state index is 11.8. The molecule has 0 saturated heterocycles. The molecule has 23 heavy (non-hydrogen) atoms. The molecule has 0 aliphatic heterocycles. The molecular weight excluding hydrogens is 376 g/mol. The van der Waals surface area contributed by atoms with Crippen LogP contribution in [0.3, 0.4) is 0 Å². The molecule has 0 aliphatic rings. The molecule has 2 aromatic heterocycles. The Labute approximate surface area is 146 Å². The second-order valence-corrected chi connectivity index (χ2v) is 6.64. The number of anilines is 1. The van der Waals surface area contributed by atoms with Crippen LogP contribution in [0.5, 0.6) is 0 Å². The van der Waals surface area contributed by atoms with Gasteiger partial charge in [-0.05, 0) is 15.9 Å². The van der Waals surface area contributed by atoms with Crippen molar-refractivity contribution in [2.45, 2.75) is 6.42 Å². The standard InChI is InChI=1S/C16H15BrN4OS/c1-21-16(22)14(17)13(9-19-21)18-8-7-12-10-23-15(20-12)11-5-3-2-4-6-11/h2-6,9-10,18H,7-8H2,1H3. The number of aromatic nitrogens is 3. The van der Waals surface area contributed by atoms with Gasteiger partial charge in [-0.3, -0.25) is 4.79 Å². The fourth-order valence-corrected chi connectivity index (χ4v) is 3.45. The van der Waals surface area contributed by atoms with Crippen LogP contribution in [0.25, 0.3) is 10.6 Å². The van der Waals surface area contributed by atoms with Gasteiger partial charge in [0.25, 0.3) is 5.56 Å². The van der Waals surface area contributed by atoms with Gasteiger partial charge < -0.3 is 5.32 Å². The number of nitrogens with zero attached hydrogens (tertiary/aromatic N) is 3. The van der Waals surface area contributed by atoms with Gasteiger partial charge in [-0.1, -0.05) is 30.3 Å². The van der Waals surface area contributed by atoms with Crippen LogP contribution >= 0.6 is 27.3 Å². The van der Waals surface area contributed by atoms with E-state index in [4.69, 9.17) is 0 Å². The monoisotopic (exact) mass is 390 g/mol. The summed E-state index contributed by atoms with van der Waals surface area (Å²) in [6.45, 7) is 0.686. The van der Waals surface area contributed by atoms with Gasteiger partial charge in [0.15, 0.2) is 0 Å². The lowest BCUT2D eigenvalue weighted by atomic mass is 10.2. The Bertz CT molecular complexity index is 860. The molecule has 0 saturated carbocycles. The molecule has 3 rings (SSSR count). The summed E-state index contributed by atoms with van der Waals surface area (Å²) < 4.78 is 1.79. The zero-order chi connectivity index (χ0) is 16.2. The van der Waals surface area contributed by atoms with Gasteiger partial charge >= 0.3 is 0 Å². The molecule has 0 unspecified atom stereocenters. The zero-order valence-electron chi connectivity index (χ0n) is 12.5. The van der Waals surface area contributed by atoms with Crippen molar-refractivity contribution in [1.29, 1.82) is 0 Å². The highest BCUT2D eigenvalue weighted by atomic mass is 79.9. The summed E-state index contributed by atoms with van der Waals surface area (Å²) >= 11 is 4.95. The highest BCUT2D eigenvalue weighted by Gasteiger charge is 2.07. The maximum Gasteiger partial charge on any atom is 0.282 e. The minimum atomic E-state index is -0.157. The average molecular weight is 391 g/mol. The van der Waals surface area contributed by atoms with Crippen molar-refractivity contribution in [1.82, 2.24) is 14.8 Å². The smallest absolute Gasteiger partial charge is 0.282 e. The molecule has 2 heterocycles. The number of aryl methyl sites for hydroxylation is 1. The van der Waals surface area contributed by atoms with Crippen LogP contribution in [-0.4, -0.2) is 21.3 Å². The normalized spacial score (nSPS) is 10.7. The average Bonchev–Trinajstić information content (AvgIpc) is 3.05. The molecule has 0 radical (unpaired) electrons. The largest absolute Gasteiger partial charge is 0.382 e. The van der Waals surface area contributed by atoms with Crippen LogP contribution in [-0.2, 0) is 13.5 Å². The first-order chi connectivity index (χ1) is 11.1. The summed E-state index contributed by atoms with van der Waals surface area (Å²) in [7, 11) is 1.62. The Morgan fingerprint density at radius 3 is 2.87 bits per heavy atom. The minimum absolute atomic E-state index is 0.157. The molecule has 5 nitrogen and oxygen atoms in total. The van der Waals surface area contributed by atoms with Crippen molar-refractivity contribution in [2.75, 3.05) is 11.9 Å². The lowest BCUT2D eigenvalue weighted by Crippen LogP contribution is -2.21. The minimum Gasteiger partial charge on any atom is -0.382 e. The third-order valence-electron chi connectivity index (χ3n) is 3.35. The molecule has 0 bridgehead atoms. The summed E-state index contributed by atoms with van der Waals surface area (Å²) in [6.07, 6.45) is 2.42. The molecule has 0 spiro atoms. The Hall–Kier alpha value is -1.99. The number of nitrogens with one attached hydrogen (secondary N) is 1. The van der Waals surface area contributed by atoms with Gasteiger partial charge in [-0.25, -0.2) is 9.67 Å². The van der Waals surface area contributed by atoms with Crippen LogP contribution in [0.1, 0.15) is 5.69 Å². The molecule has 3 aromatic rings. The second kappa shape index (κ2) is 7.06. The maximum absolute atomic E-state index is 11.8. The van der Waals surface area contributed by atoms with E-state index < -0.39 is 0 Å². The molecule has 118 valence electrons. The fourth-order valence-electron chi connectivity index (χ4n) is 2.09. The number of halogens is 1. The van der Waals surface area contributed by atoms with E-state index in [1.54, 1.807) is 24.6 Å². The van der Waals surface area contributed by atoms with Crippen molar-refractivity contribution in [3.8, 4) is 10.6 Å². The lowest BCUT2D eigenvalue weighted by Gasteiger charge is -2.07. The number of thiazole rings is 1. The van der Waals surface area contributed by atoms with Crippen LogP contribution in [0, 0.1) is 0 Å². The first-order valence-corrected chi connectivity index (χ1v) is 8.78. The molecule has 7 heteroatoms.